The van der Waals surface area contributed by atoms with Crippen LogP contribution in [0.4, 0.5) is 0 Å². The van der Waals surface area contributed by atoms with Gasteiger partial charge in [-0.25, -0.2) is 0 Å². The number of rotatable bonds is 4. The Bertz CT molecular complexity index is 826. The van der Waals surface area contributed by atoms with E-state index in [1.807, 2.05) is 24.3 Å². The Morgan fingerprint density at radius 2 is 2.14 bits per heavy atom. The van der Waals surface area contributed by atoms with Crippen molar-refractivity contribution in [1.82, 2.24) is 15.1 Å². The van der Waals surface area contributed by atoms with E-state index in [9.17, 15) is 4.79 Å². The van der Waals surface area contributed by atoms with E-state index < -0.39 is 0 Å². The number of hydrogen-bond donors (Lipinski definition) is 0. The molecule has 0 atom stereocenters. The number of aromatic nitrogens is 3. The number of aryl methyl sites for hydroxylation is 1. The van der Waals surface area contributed by atoms with E-state index in [-0.39, 0.29) is 12.4 Å². The maximum absolute atomic E-state index is 11.7. The lowest BCUT2D eigenvalue weighted by molar-refractivity contribution is -0.142. The number of esters is 1. The molecule has 0 amide bonds. The maximum atomic E-state index is 11.7. The zero-order chi connectivity index (χ0) is 15.5. The predicted molar refractivity (Wildman–Crippen MR) is 80.1 cm³/mol. The Kier molecular flexibility index (Phi) is 3.82. The predicted octanol–water partition coefficient (Wildman–Crippen LogP) is 2.70. The van der Waals surface area contributed by atoms with Gasteiger partial charge in [-0.2, -0.15) is 4.98 Å². The molecule has 3 aromatic rings. The lowest BCUT2D eigenvalue weighted by Gasteiger charge is -2.07. The molecule has 3 rings (SSSR count). The number of fused-ring (bicyclic) bond motifs is 1. The first-order chi connectivity index (χ1) is 10.7. The van der Waals surface area contributed by atoms with Crippen molar-refractivity contribution in [2.75, 3.05) is 6.61 Å². The zero-order valence-electron chi connectivity index (χ0n) is 12.4. The second-order valence-electron chi connectivity index (χ2n) is 4.78. The summed E-state index contributed by atoms with van der Waals surface area (Å²) >= 11 is 0. The molecule has 0 fully saturated rings. The SMILES string of the molecule is CCOC(=O)Cc1nccc2c(-c3noc(C)n3)cccc12. The van der Waals surface area contributed by atoms with Crippen LogP contribution in [0.25, 0.3) is 22.2 Å². The first-order valence-electron chi connectivity index (χ1n) is 7.02. The van der Waals surface area contributed by atoms with Crippen molar-refractivity contribution in [3.63, 3.8) is 0 Å². The minimum atomic E-state index is -0.289. The second kappa shape index (κ2) is 5.93. The smallest absolute Gasteiger partial charge is 0.311 e. The number of nitrogens with zero attached hydrogens (tertiary/aromatic N) is 3. The molecule has 112 valence electrons. The molecule has 6 heteroatoms. The molecule has 0 aliphatic rings. The standard InChI is InChI=1S/C16H15N3O3/c1-3-21-15(20)9-14-12-5-4-6-13(11(12)7-8-17-14)16-18-10(2)22-19-16/h4-8H,3,9H2,1-2H3. The van der Waals surface area contributed by atoms with E-state index in [4.69, 9.17) is 9.26 Å². The molecule has 0 radical (unpaired) electrons. The number of hydrogen-bond acceptors (Lipinski definition) is 6. The monoisotopic (exact) mass is 297 g/mol. The zero-order valence-corrected chi connectivity index (χ0v) is 12.4. The second-order valence-corrected chi connectivity index (χ2v) is 4.78. The number of carbonyl (C=O) groups excluding carboxylic acids is 1. The Morgan fingerprint density at radius 1 is 1.27 bits per heavy atom. The number of ether oxygens (including phenoxy) is 1. The topological polar surface area (TPSA) is 78.1 Å². The number of carbonyl (C=O) groups is 1. The Labute approximate surface area is 127 Å². The summed E-state index contributed by atoms with van der Waals surface area (Å²) in [4.78, 5) is 20.3. The van der Waals surface area contributed by atoms with Crippen molar-refractivity contribution in [1.29, 1.82) is 0 Å². The molecule has 2 heterocycles. The van der Waals surface area contributed by atoms with Crippen molar-refractivity contribution >= 4 is 16.7 Å². The van der Waals surface area contributed by atoms with E-state index in [1.165, 1.54) is 0 Å². The number of pyridine rings is 1. The van der Waals surface area contributed by atoms with Crippen molar-refractivity contribution in [2.45, 2.75) is 20.3 Å². The minimum Gasteiger partial charge on any atom is -0.466 e. The quantitative estimate of drug-likeness (QED) is 0.689. The molecule has 0 saturated carbocycles. The molecule has 6 nitrogen and oxygen atoms in total. The Hall–Kier alpha value is -2.76. The summed E-state index contributed by atoms with van der Waals surface area (Å²) in [5.74, 6) is 0.743. The summed E-state index contributed by atoms with van der Waals surface area (Å²) in [6.45, 7) is 3.89. The average molecular weight is 297 g/mol. The lowest BCUT2D eigenvalue weighted by atomic mass is 10.0. The molecule has 22 heavy (non-hydrogen) atoms. The summed E-state index contributed by atoms with van der Waals surface area (Å²) in [5, 5.41) is 5.77. The van der Waals surface area contributed by atoms with Crippen LogP contribution in [0.1, 0.15) is 18.5 Å². The van der Waals surface area contributed by atoms with Gasteiger partial charge in [-0.3, -0.25) is 9.78 Å². The van der Waals surface area contributed by atoms with Gasteiger partial charge in [-0.1, -0.05) is 23.4 Å². The molecule has 0 N–H and O–H groups in total. The van der Waals surface area contributed by atoms with E-state index >= 15 is 0 Å². The highest BCUT2D eigenvalue weighted by Crippen LogP contribution is 2.28. The highest BCUT2D eigenvalue weighted by Gasteiger charge is 2.14. The molecule has 2 aromatic heterocycles. The van der Waals surface area contributed by atoms with E-state index in [2.05, 4.69) is 15.1 Å². The third kappa shape index (κ3) is 2.67. The summed E-state index contributed by atoms with van der Waals surface area (Å²) in [5.41, 5.74) is 1.53. The highest BCUT2D eigenvalue weighted by atomic mass is 16.5. The van der Waals surface area contributed by atoms with Gasteiger partial charge in [0.05, 0.1) is 18.7 Å². The van der Waals surface area contributed by atoms with Gasteiger partial charge in [0.1, 0.15) is 0 Å². The van der Waals surface area contributed by atoms with Gasteiger partial charge in [0.2, 0.25) is 11.7 Å². The van der Waals surface area contributed by atoms with Crippen LogP contribution < -0.4 is 0 Å². The van der Waals surface area contributed by atoms with Gasteiger partial charge < -0.3 is 9.26 Å². The van der Waals surface area contributed by atoms with Gasteiger partial charge in [-0.05, 0) is 18.4 Å². The fourth-order valence-electron chi connectivity index (χ4n) is 2.36. The Balaban J connectivity index is 2.08. The van der Waals surface area contributed by atoms with Gasteiger partial charge in [0.25, 0.3) is 0 Å². The van der Waals surface area contributed by atoms with Crippen LogP contribution in [0.5, 0.6) is 0 Å². The molecule has 0 bridgehead atoms. The third-order valence-corrected chi connectivity index (χ3v) is 3.27. The summed E-state index contributed by atoms with van der Waals surface area (Å²) in [7, 11) is 0. The first-order valence-corrected chi connectivity index (χ1v) is 7.02. The van der Waals surface area contributed by atoms with Crippen LogP contribution in [-0.2, 0) is 16.0 Å². The van der Waals surface area contributed by atoms with E-state index in [0.29, 0.717) is 24.0 Å². The van der Waals surface area contributed by atoms with Crippen molar-refractivity contribution in [2.24, 2.45) is 0 Å². The molecule has 1 aromatic carbocycles. The van der Waals surface area contributed by atoms with Crippen molar-refractivity contribution < 1.29 is 14.1 Å². The third-order valence-electron chi connectivity index (χ3n) is 3.27. The lowest BCUT2D eigenvalue weighted by Crippen LogP contribution is -2.09. The van der Waals surface area contributed by atoms with E-state index in [0.717, 1.165) is 16.3 Å². The summed E-state index contributed by atoms with van der Waals surface area (Å²) < 4.78 is 10.0. The van der Waals surface area contributed by atoms with Crippen LogP contribution in [0.15, 0.2) is 35.0 Å². The fraction of sp³-hybridized carbons (Fsp3) is 0.250. The Morgan fingerprint density at radius 3 is 2.86 bits per heavy atom. The van der Waals surface area contributed by atoms with Gasteiger partial charge >= 0.3 is 5.97 Å². The van der Waals surface area contributed by atoms with Crippen LogP contribution in [0.3, 0.4) is 0 Å². The molecular formula is C16H15N3O3. The molecule has 0 unspecified atom stereocenters. The number of benzene rings is 1. The summed E-state index contributed by atoms with van der Waals surface area (Å²) in [6, 6.07) is 7.61. The molecule has 0 saturated heterocycles. The van der Waals surface area contributed by atoms with Crippen LogP contribution >= 0.6 is 0 Å². The van der Waals surface area contributed by atoms with E-state index in [1.54, 1.807) is 20.0 Å². The highest BCUT2D eigenvalue weighted by molar-refractivity contribution is 5.97. The van der Waals surface area contributed by atoms with Gasteiger partial charge in [-0.15, -0.1) is 0 Å². The molecule has 0 spiro atoms. The van der Waals surface area contributed by atoms with Crippen molar-refractivity contribution in [3.8, 4) is 11.4 Å². The maximum Gasteiger partial charge on any atom is 0.311 e. The van der Waals surface area contributed by atoms with Crippen LogP contribution in [0, 0.1) is 6.92 Å². The minimum absolute atomic E-state index is 0.139. The first kappa shape index (κ1) is 14.2. The molecule has 0 aliphatic heterocycles. The van der Waals surface area contributed by atoms with Gasteiger partial charge in [0.15, 0.2) is 0 Å². The molecular weight excluding hydrogens is 282 g/mol. The normalized spacial score (nSPS) is 10.8. The van der Waals surface area contributed by atoms with Crippen LogP contribution in [-0.4, -0.2) is 27.7 Å². The molecule has 0 aliphatic carbocycles. The largest absolute Gasteiger partial charge is 0.466 e. The van der Waals surface area contributed by atoms with Gasteiger partial charge in [0, 0.05) is 24.1 Å². The van der Waals surface area contributed by atoms with Crippen LogP contribution in [0.2, 0.25) is 0 Å². The van der Waals surface area contributed by atoms with Crippen molar-refractivity contribution in [3.05, 3.63) is 42.0 Å². The average Bonchev–Trinajstić information content (AvgIpc) is 2.94. The fourth-order valence-corrected chi connectivity index (χ4v) is 2.36. The summed E-state index contributed by atoms with van der Waals surface area (Å²) in [6.07, 6.45) is 1.81.